The van der Waals surface area contributed by atoms with E-state index in [0.29, 0.717) is 0 Å². The van der Waals surface area contributed by atoms with Crippen LogP contribution in [0.1, 0.15) is 87.0 Å². The number of aromatic nitrogens is 2. The van der Waals surface area contributed by atoms with E-state index in [1.807, 2.05) is 29.2 Å². The number of hydrogen-bond acceptors (Lipinski definition) is 4. The van der Waals surface area contributed by atoms with Gasteiger partial charge in [0.25, 0.3) is 5.91 Å². The van der Waals surface area contributed by atoms with Crippen molar-refractivity contribution >= 4 is 16.9 Å². The van der Waals surface area contributed by atoms with Crippen LogP contribution in [-0.2, 0) is 13.0 Å². The van der Waals surface area contributed by atoms with Crippen LogP contribution in [0, 0.1) is 0 Å². The maximum atomic E-state index is 13.6. The van der Waals surface area contributed by atoms with Gasteiger partial charge in [-0.3, -0.25) is 4.79 Å². The van der Waals surface area contributed by atoms with Gasteiger partial charge in [-0.2, -0.15) is 0 Å². The number of imidazole rings is 1. The Morgan fingerprint density at radius 3 is 2.42 bits per heavy atom. The monoisotopic (exact) mass is 518 g/mol. The smallest absolute Gasteiger partial charge is 0.253 e. The summed E-state index contributed by atoms with van der Waals surface area (Å²) < 4.78 is 7.82. The molecule has 1 aliphatic heterocycles. The fourth-order valence-corrected chi connectivity index (χ4v) is 5.49. The molecular weight excluding hydrogens is 472 g/mol. The summed E-state index contributed by atoms with van der Waals surface area (Å²) >= 11 is 0. The second kappa shape index (κ2) is 14.3. The Morgan fingerprint density at radius 1 is 0.947 bits per heavy atom. The van der Waals surface area contributed by atoms with Crippen molar-refractivity contribution in [3.63, 3.8) is 0 Å². The lowest BCUT2D eigenvalue weighted by molar-refractivity contribution is 0.0751. The summed E-state index contributed by atoms with van der Waals surface area (Å²) in [5.41, 5.74) is 3.98. The van der Waals surface area contributed by atoms with Crippen LogP contribution in [0.4, 0.5) is 0 Å². The molecule has 2 heterocycles. The fraction of sp³-hybridized carbons (Fsp3) is 0.562. The summed E-state index contributed by atoms with van der Waals surface area (Å²) in [5, 5.41) is 0. The predicted molar refractivity (Wildman–Crippen MR) is 156 cm³/mol. The number of unbranched alkanes of at least 4 members (excludes halogenated alkanes) is 2. The zero-order chi connectivity index (χ0) is 26.7. The molecule has 1 amide bonds. The van der Waals surface area contributed by atoms with E-state index >= 15 is 0 Å². The number of likely N-dealkylation sites (tertiary alicyclic amines) is 1. The summed E-state index contributed by atoms with van der Waals surface area (Å²) in [6.45, 7) is 10.4. The topological polar surface area (TPSA) is 50.6 Å². The van der Waals surface area contributed by atoms with E-state index in [4.69, 9.17) is 9.72 Å². The van der Waals surface area contributed by atoms with Crippen LogP contribution >= 0.6 is 0 Å². The number of piperidine rings is 1. The number of hydrogen-bond donors (Lipinski definition) is 0. The molecule has 1 aromatic heterocycles. The zero-order valence-electron chi connectivity index (χ0n) is 23.8. The van der Waals surface area contributed by atoms with Gasteiger partial charge in [0.2, 0.25) is 0 Å². The standard InChI is InChI=1S/C32H46N4O2/c1-4-6-20-35(21-7-5-2)32(37)27-15-16-29-30(25-27)36(22-12-19-34-17-9-8-10-18-34)31(33-29)24-26-13-11-14-28(23-26)38-3/h11,13-16,23,25H,4-10,12,17-22,24H2,1-3H3. The minimum atomic E-state index is 0.143. The molecule has 0 unspecified atom stereocenters. The molecule has 2 aromatic carbocycles. The summed E-state index contributed by atoms with van der Waals surface area (Å²) in [7, 11) is 1.71. The van der Waals surface area contributed by atoms with Gasteiger partial charge in [-0.15, -0.1) is 0 Å². The van der Waals surface area contributed by atoms with Gasteiger partial charge in [0.05, 0.1) is 18.1 Å². The number of nitrogens with zero attached hydrogens (tertiary/aromatic N) is 4. The van der Waals surface area contributed by atoms with Crippen LogP contribution in [-0.4, -0.2) is 65.1 Å². The molecule has 1 fully saturated rings. The number of aryl methyl sites for hydroxylation is 1. The van der Waals surface area contributed by atoms with Crippen molar-refractivity contribution in [1.82, 2.24) is 19.4 Å². The average molecular weight is 519 g/mol. The van der Waals surface area contributed by atoms with Crippen LogP contribution in [0.25, 0.3) is 11.0 Å². The minimum absolute atomic E-state index is 0.143. The SMILES string of the molecule is CCCCN(CCCC)C(=O)c1ccc2nc(Cc3cccc(OC)c3)n(CCCN3CCCCC3)c2c1. The summed E-state index contributed by atoms with van der Waals surface area (Å²) in [5.74, 6) is 2.05. The van der Waals surface area contributed by atoms with E-state index in [-0.39, 0.29) is 5.91 Å². The van der Waals surface area contributed by atoms with E-state index in [0.717, 1.165) is 92.9 Å². The number of ether oxygens (including phenoxy) is 1. The molecule has 1 aliphatic rings. The number of rotatable bonds is 14. The van der Waals surface area contributed by atoms with Crippen LogP contribution in [0.5, 0.6) is 5.75 Å². The van der Waals surface area contributed by atoms with Gasteiger partial charge in [0.1, 0.15) is 11.6 Å². The van der Waals surface area contributed by atoms with Gasteiger partial charge in [0, 0.05) is 31.6 Å². The molecule has 6 heteroatoms. The van der Waals surface area contributed by atoms with Gasteiger partial charge in [-0.05, 0) is 87.6 Å². The number of carbonyl (C=O) groups is 1. The molecule has 0 radical (unpaired) electrons. The fourth-order valence-electron chi connectivity index (χ4n) is 5.49. The molecule has 38 heavy (non-hydrogen) atoms. The Balaban J connectivity index is 1.62. The third-order valence-electron chi connectivity index (χ3n) is 7.73. The van der Waals surface area contributed by atoms with E-state index in [2.05, 4.69) is 41.5 Å². The Hall–Kier alpha value is -2.86. The van der Waals surface area contributed by atoms with Crippen molar-refractivity contribution in [2.45, 2.75) is 78.2 Å². The van der Waals surface area contributed by atoms with Gasteiger partial charge in [-0.1, -0.05) is 45.2 Å². The van der Waals surface area contributed by atoms with Crippen LogP contribution in [0.15, 0.2) is 42.5 Å². The van der Waals surface area contributed by atoms with Crippen molar-refractivity contribution in [1.29, 1.82) is 0 Å². The Bertz CT molecular complexity index is 1160. The summed E-state index contributed by atoms with van der Waals surface area (Å²) in [4.78, 5) is 23.3. The van der Waals surface area contributed by atoms with E-state index in [1.165, 1.54) is 37.9 Å². The van der Waals surface area contributed by atoms with Crippen LogP contribution < -0.4 is 4.74 Å². The molecule has 0 spiro atoms. The van der Waals surface area contributed by atoms with Gasteiger partial charge in [0.15, 0.2) is 0 Å². The molecule has 0 N–H and O–H groups in total. The molecule has 206 valence electrons. The van der Waals surface area contributed by atoms with Gasteiger partial charge < -0.3 is 19.1 Å². The van der Waals surface area contributed by atoms with E-state index in [9.17, 15) is 4.79 Å². The molecule has 0 bridgehead atoms. The van der Waals surface area contributed by atoms with Crippen LogP contribution in [0.2, 0.25) is 0 Å². The highest BCUT2D eigenvalue weighted by Gasteiger charge is 2.19. The molecule has 6 nitrogen and oxygen atoms in total. The van der Waals surface area contributed by atoms with Crippen molar-refractivity contribution in [3.05, 3.63) is 59.4 Å². The number of fused-ring (bicyclic) bond motifs is 1. The largest absolute Gasteiger partial charge is 0.497 e. The first-order valence-electron chi connectivity index (χ1n) is 14.8. The zero-order valence-corrected chi connectivity index (χ0v) is 23.8. The average Bonchev–Trinajstić information content (AvgIpc) is 3.29. The highest BCUT2D eigenvalue weighted by molar-refractivity contribution is 5.97. The van der Waals surface area contributed by atoms with Gasteiger partial charge >= 0.3 is 0 Å². The first-order chi connectivity index (χ1) is 18.6. The third kappa shape index (κ3) is 7.37. The lowest BCUT2D eigenvalue weighted by Gasteiger charge is -2.26. The third-order valence-corrected chi connectivity index (χ3v) is 7.73. The minimum Gasteiger partial charge on any atom is -0.497 e. The normalized spacial score (nSPS) is 14.2. The Morgan fingerprint density at radius 2 is 1.71 bits per heavy atom. The van der Waals surface area contributed by atoms with Crippen molar-refractivity contribution < 1.29 is 9.53 Å². The number of benzene rings is 2. The maximum Gasteiger partial charge on any atom is 0.253 e. The first-order valence-corrected chi connectivity index (χ1v) is 14.8. The Labute approximate surface area is 229 Å². The summed E-state index contributed by atoms with van der Waals surface area (Å²) in [6, 6.07) is 14.3. The van der Waals surface area contributed by atoms with E-state index < -0.39 is 0 Å². The lowest BCUT2D eigenvalue weighted by atomic mass is 10.1. The quantitative estimate of drug-likeness (QED) is 0.243. The molecular formula is C32H46N4O2. The molecule has 1 saturated heterocycles. The maximum absolute atomic E-state index is 13.6. The lowest BCUT2D eigenvalue weighted by Crippen LogP contribution is -2.33. The molecule has 0 saturated carbocycles. The van der Waals surface area contributed by atoms with Crippen molar-refractivity contribution in [2.75, 3.05) is 39.8 Å². The first kappa shape index (κ1) is 28.2. The number of carbonyl (C=O) groups excluding carboxylic acids is 1. The van der Waals surface area contributed by atoms with Crippen molar-refractivity contribution in [3.8, 4) is 5.75 Å². The highest BCUT2D eigenvalue weighted by Crippen LogP contribution is 2.24. The number of amides is 1. The Kier molecular flexibility index (Phi) is 10.6. The summed E-state index contributed by atoms with van der Waals surface area (Å²) in [6.07, 6.45) is 10.1. The number of methoxy groups -OCH3 is 1. The predicted octanol–water partition coefficient (Wildman–Crippen LogP) is 6.55. The molecule has 0 atom stereocenters. The molecule has 3 aromatic rings. The second-order valence-electron chi connectivity index (χ2n) is 10.7. The molecule has 0 aliphatic carbocycles. The second-order valence-corrected chi connectivity index (χ2v) is 10.7. The van der Waals surface area contributed by atoms with Crippen LogP contribution in [0.3, 0.4) is 0 Å². The highest BCUT2D eigenvalue weighted by atomic mass is 16.5. The van der Waals surface area contributed by atoms with E-state index in [1.54, 1.807) is 7.11 Å². The van der Waals surface area contributed by atoms with Crippen molar-refractivity contribution in [2.24, 2.45) is 0 Å². The molecule has 4 rings (SSSR count). The van der Waals surface area contributed by atoms with Gasteiger partial charge in [-0.25, -0.2) is 4.98 Å².